The molecule has 0 aliphatic rings. The summed E-state index contributed by atoms with van der Waals surface area (Å²) < 4.78 is 84.0. The lowest BCUT2D eigenvalue weighted by atomic mass is 10.0. The maximum Gasteiger partial charge on any atom is 0.425 e. The van der Waals surface area contributed by atoms with Gasteiger partial charge in [-0.2, -0.15) is 22.0 Å². The molecule has 1 unspecified atom stereocenters. The lowest BCUT2D eigenvalue weighted by molar-refractivity contribution is -0.259. The van der Waals surface area contributed by atoms with Gasteiger partial charge >= 0.3 is 12.1 Å². The highest BCUT2D eigenvalue weighted by Gasteiger charge is 2.60. The van der Waals surface area contributed by atoms with Crippen LogP contribution in [0.15, 0.2) is 0 Å². The second-order valence-electron chi connectivity index (χ2n) is 2.83. The van der Waals surface area contributed by atoms with Crippen molar-refractivity contribution >= 4 is 0 Å². The molecule has 0 heterocycles. The van der Waals surface area contributed by atoms with Gasteiger partial charge in [0.25, 0.3) is 6.17 Å². The Hall–Kier alpha value is -0.490. The molecule has 0 fully saturated rings. The Kier molecular flexibility index (Phi) is 4.20. The molecular formula is C7H9F7. The van der Waals surface area contributed by atoms with Crippen LogP contribution in [0.2, 0.25) is 0 Å². The van der Waals surface area contributed by atoms with Crippen molar-refractivity contribution in [2.75, 3.05) is 0 Å². The zero-order valence-corrected chi connectivity index (χ0v) is 7.21. The smallest absolute Gasteiger partial charge is 0.241 e. The average molecular weight is 226 g/mol. The molecule has 0 aliphatic carbocycles. The first-order valence-electron chi connectivity index (χ1n) is 3.86. The van der Waals surface area contributed by atoms with E-state index in [9.17, 15) is 30.7 Å². The monoisotopic (exact) mass is 226 g/mol. The Morgan fingerprint density at radius 2 is 1.43 bits per heavy atom. The predicted molar refractivity (Wildman–Crippen MR) is 35.7 cm³/mol. The predicted octanol–water partition coefficient (Wildman–Crippen LogP) is 3.66. The highest BCUT2D eigenvalue weighted by atomic mass is 19.4. The second-order valence-corrected chi connectivity index (χ2v) is 2.83. The van der Waals surface area contributed by atoms with Crippen LogP contribution >= 0.6 is 0 Å². The summed E-state index contributed by atoms with van der Waals surface area (Å²) in [5.41, 5.74) is 0. The third kappa shape index (κ3) is 3.02. The summed E-state index contributed by atoms with van der Waals surface area (Å²) in [4.78, 5) is 0. The van der Waals surface area contributed by atoms with Gasteiger partial charge in [-0.05, 0) is 6.42 Å². The number of halogens is 7. The van der Waals surface area contributed by atoms with Crippen molar-refractivity contribution in [3.8, 4) is 0 Å². The zero-order chi connectivity index (χ0) is 11.6. The standard InChI is InChI=1S/C7H9F7/c1-2-3-4(8)6(10,11)5(9)7(12,13)14/h4-5H,2-3H2,1H3/t4?,5-/m0/s1. The Morgan fingerprint density at radius 3 is 1.71 bits per heavy atom. The van der Waals surface area contributed by atoms with Crippen LogP contribution in [-0.2, 0) is 0 Å². The molecule has 0 aromatic rings. The normalized spacial score (nSPS) is 18.0. The van der Waals surface area contributed by atoms with Crippen LogP contribution in [0.4, 0.5) is 30.7 Å². The average Bonchev–Trinajstić information content (AvgIpc) is 2.01. The number of hydrogen-bond donors (Lipinski definition) is 0. The van der Waals surface area contributed by atoms with Crippen LogP contribution in [0.25, 0.3) is 0 Å². The van der Waals surface area contributed by atoms with E-state index in [4.69, 9.17) is 0 Å². The molecule has 2 atom stereocenters. The van der Waals surface area contributed by atoms with E-state index in [0.717, 1.165) is 0 Å². The Morgan fingerprint density at radius 1 is 1.00 bits per heavy atom. The lowest BCUT2D eigenvalue weighted by Gasteiger charge is -2.25. The number of rotatable bonds is 4. The maximum absolute atomic E-state index is 12.5. The first kappa shape index (κ1) is 13.5. The van der Waals surface area contributed by atoms with Crippen molar-refractivity contribution < 1.29 is 30.7 Å². The molecule has 86 valence electrons. The SMILES string of the molecule is CCCC(F)C(F)(F)[C@H](F)C(F)(F)F. The molecule has 0 N–H and O–H groups in total. The van der Waals surface area contributed by atoms with Gasteiger partial charge in [0.1, 0.15) is 0 Å². The van der Waals surface area contributed by atoms with E-state index in [0.29, 0.717) is 0 Å². The molecule has 0 aromatic heterocycles. The molecule has 0 saturated heterocycles. The topological polar surface area (TPSA) is 0 Å². The minimum Gasteiger partial charge on any atom is -0.241 e. The van der Waals surface area contributed by atoms with Crippen molar-refractivity contribution in [3.05, 3.63) is 0 Å². The van der Waals surface area contributed by atoms with Crippen LogP contribution in [0.5, 0.6) is 0 Å². The molecule has 0 amide bonds. The van der Waals surface area contributed by atoms with Crippen molar-refractivity contribution in [2.24, 2.45) is 0 Å². The van der Waals surface area contributed by atoms with E-state index in [-0.39, 0.29) is 6.42 Å². The molecule has 7 heteroatoms. The summed E-state index contributed by atoms with van der Waals surface area (Å²) in [7, 11) is 0. The zero-order valence-electron chi connectivity index (χ0n) is 7.21. The van der Waals surface area contributed by atoms with Crippen LogP contribution in [0.1, 0.15) is 19.8 Å². The summed E-state index contributed by atoms with van der Waals surface area (Å²) in [6, 6.07) is 0. The molecule has 0 aliphatic heterocycles. The molecular weight excluding hydrogens is 217 g/mol. The van der Waals surface area contributed by atoms with Crippen molar-refractivity contribution in [1.29, 1.82) is 0 Å². The van der Waals surface area contributed by atoms with E-state index in [1.54, 1.807) is 0 Å². The molecule has 0 rings (SSSR count). The fourth-order valence-electron chi connectivity index (χ4n) is 0.823. The van der Waals surface area contributed by atoms with Crippen LogP contribution in [0.3, 0.4) is 0 Å². The number of alkyl halides is 7. The van der Waals surface area contributed by atoms with Gasteiger partial charge in [0.05, 0.1) is 0 Å². The minimum absolute atomic E-state index is 0.0820. The van der Waals surface area contributed by atoms with E-state index in [2.05, 4.69) is 0 Å². The highest BCUT2D eigenvalue weighted by Crippen LogP contribution is 2.39. The maximum atomic E-state index is 12.5. The van der Waals surface area contributed by atoms with E-state index >= 15 is 0 Å². The largest absolute Gasteiger partial charge is 0.425 e. The second kappa shape index (κ2) is 4.35. The van der Waals surface area contributed by atoms with Gasteiger partial charge in [0.15, 0.2) is 6.17 Å². The fourth-order valence-corrected chi connectivity index (χ4v) is 0.823. The third-order valence-electron chi connectivity index (χ3n) is 1.59. The Bertz CT molecular complexity index is 173. The molecule has 0 spiro atoms. The van der Waals surface area contributed by atoms with Gasteiger partial charge in [0, 0.05) is 0 Å². The van der Waals surface area contributed by atoms with Crippen molar-refractivity contribution in [1.82, 2.24) is 0 Å². The first-order valence-corrected chi connectivity index (χ1v) is 3.86. The summed E-state index contributed by atoms with van der Waals surface area (Å²) >= 11 is 0. The quantitative estimate of drug-likeness (QED) is 0.641. The lowest BCUT2D eigenvalue weighted by Crippen LogP contribution is -2.47. The van der Waals surface area contributed by atoms with Gasteiger partial charge in [-0.3, -0.25) is 0 Å². The fraction of sp³-hybridized carbons (Fsp3) is 1.00. The van der Waals surface area contributed by atoms with Crippen LogP contribution in [-0.4, -0.2) is 24.4 Å². The Balaban J connectivity index is 4.59. The summed E-state index contributed by atoms with van der Waals surface area (Å²) in [6.07, 6.45) is -14.2. The summed E-state index contributed by atoms with van der Waals surface area (Å²) in [6.45, 7) is 1.31. The van der Waals surface area contributed by atoms with Gasteiger partial charge in [-0.1, -0.05) is 13.3 Å². The molecule has 0 saturated carbocycles. The third-order valence-corrected chi connectivity index (χ3v) is 1.59. The van der Waals surface area contributed by atoms with Crippen molar-refractivity contribution in [2.45, 2.75) is 44.2 Å². The molecule has 0 radical (unpaired) electrons. The molecule has 0 aromatic carbocycles. The van der Waals surface area contributed by atoms with Gasteiger partial charge in [0.2, 0.25) is 0 Å². The molecule has 0 nitrogen and oxygen atoms in total. The summed E-state index contributed by atoms with van der Waals surface area (Å²) in [5, 5.41) is 0. The number of hydrogen-bond acceptors (Lipinski definition) is 0. The van der Waals surface area contributed by atoms with Crippen LogP contribution < -0.4 is 0 Å². The van der Waals surface area contributed by atoms with E-state index in [1.165, 1.54) is 6.92 Å². The first-order chi connectivity index (χ1) is 6.14. The van der Waals surface area contributed by atoms with E-state index < -0.39 is 30.9 Å². The van der Waals surface area contributed by atoms with Gasteiger partial charge < -0.3 is 0 Å². The summed E-state index contributed by atoms with van der Waals surface area (Å²) in [5.74, 6) is -5.01. The minimum atomic E-state index is -5.73. The molecule has 0 bridgehead atoms. The van der Waals surface area contributed by atoms with Gasteiger partial charge in [-0.15, -0.1) is 0 Å². The van der Waals surface area contributed by atoms with E-state index in [1.807, 2.05) is 0 Å². The van der Waals surface area contributed by atoms with Gasteiger partial charge in [-0.25, -0.2) is 8.78 Å². The Labute approximate surface area is 76.1 Å². The van der Waals surface area contributed by atoms with Crippen LogP contribution in [0, 0.1) is 0 Å². The molecule has 14 heavy (non-hydrogen) atoms. The van der Waals surface area contributed by atoms with Crippen molar-refractivity contribution in [3.63, 3.8) is 0 Å². The highest BCUT2D eigenvalue weighted by molar-refractivity contribution is 4.88.